The predicted octanol–water partition coefficient (Wildman–Crippen LogP) is 3.90. The lowest BCUT2D eigenvalue weighted by atomic mass is 9.93. The van der Waals surface area contributed by atoms with E-state index >= 15 is 0 Å². The smallest absolute Gasteiger partial charge is 0.245 e. The molecule has 0 bridgehead atoms. The molecule has 138 valence electrons. The van der Waals surface area contributed by atoms with Gasteiger partial charge in [-0.15, -0.1) is 0 Å². The van der Waals surface area contributed by atoms with E-state index in [4.69, 9.17) is 9.47 Å². The number of carbonyl (C=O) groups excluding carboxylic acids is 1. The quantitative estimate of drug-likeness (QED) is 0.435. The van der Waals surface area contributed by atoms with Crippen LogP contribution in [0.1, 0.15) is 24.5 Å². The molecule has 1 heterocycles. The number of amides is 1. The van der Waals surface area contributed by atoms with Gasteiger partial charge in [-0.2, -0.15) is 5.10 Å². The van der Waals surface area contributed by atoms with Gasteiger partial charge in [-0.3, -0.25) is 4.79 Å². The van der Waals surface area contributed by atoms with Crippen molar-refractivity contribution in [2.24, 2.45) is 5.10 Å². The van der Waals surface area contributed by atoms with Crippen molar-refractivity contribution in [3.05, 3.63) is 59.7 Å². The second-order valence-electron chi connectivity index (χ2n) is 6.93. The molecular weight excluding hydrogens is 340 g/mol. The SMILES string of the molecule is Cc1c2ccccc2c(/C=N\NC(=O)CC2(C)OCCO2)c2ccccc12. The van der Waals surface area contributed by atoms with Gasteiger partial charge in [-0.25, -0.2) is 5.43 Å². The number of hydrogen-bond acceptors (Lipinski definition) is 4. The minimum Gasteiger partial charge on any atom is -0.347 e. The maximum absolute atomic E-state index is 12.2. The van der Waals surface area contributed by atoms with Crippen LogP contribution in [0.15, 0.2) is 53.6 Å². The van der Waals surface area contributed by atoms with Crippen molar-refractivity contribution >= 4 is 33.7 Å². The number of hydrogen-bond donors (Lipinski definition) is 1. The third-order valence-electron chi connectivity index (χ3n) is 5.01. The van der Waals surface area contributed by atoms with Crippen molar-refractivity contribution in [2.45, 2.75) is 26.1 Å². The van der Waals surface area contributed by atoms with Crippen molar-refractivity contribution in [3.63, 3.8) is 0 Å². The summed E-state index contributed by atoms with van der Waals surface area (Å²) in [5.74, 6) is -1.10. The van der Waals surface area contributed by atoms with Crippen molar-refractivity contribution in [1.29, 1.82) is 0 Å². The summed E-state index contributed by atoms with van der Waals surface area (Å²) >= 11 is 0. The van der Waals surface area contributed by atoms with E-state index in [0.29, 0.717) is 13.2 Å². The first-order chi connectivity index (χ1) is 13.1. The Hall–Kier alpha value is -2.76. The molecule has 27 heavy (non-hydrogen) atoms. The van der Waals surface area contributed by atoms with Crippen LogP contribution in [-0.2, 0) is 14.3 Å². The molecule has 0 aliphatic carbocycles. The molecule has 1 aliphatic rings. The molecule has 1 N–H and O–H groups in total. The van der Waals surface area contributed by atoms with Crippen LogP contribution in [0.4, 0.5) is 0 Å². The number of benzene rings is 3. The summed E-state index contributed by atoms with van der Waals surface area (Å²) in [5, 5.41) is 8.80. The van der Waals surface area contributed by atoms with E-state index in [2.05, 4.69) is 41.7 Å². The van der Waals surface area contributed by atoms with E-state index in [9.17, 15) is 4.79 Å². The van der Waals surface area contributed by atoms with Crippen molar-refractivity contribution in [3.8, 4) is 0 Å². The van der Waals surface area contributed by atoms with E-state index in [1.165, 1.54) is 16.3 Å². The molecule has 3 aromatic carbocycles. The lowest BCUT2D eigenvalue weighted by molar-refractivity contribution is -0.159. The first-order valence-corrected chi connectivity index (χ1v) is 9.07. The summed E-state index contributed by atoms with van der Waals surface area (Å²) in [6, 6.07) is 16.5. The van der Waals surface area contributed by atoms with Gasteiger partial charge in [-0.1, -0.05) is 48.5 Å². The second-order valence-corrected chi connectivity index (χ2v) is 6.93. The van der Waals surface area contributed by atoms with Gasteiger partial charge in [0, 0.05) is 5.56 Å². The molecule has 0 spiro atoms. The topological polar surface area (TPSA) is 59.9 Å². The Balaban J connectivity index is 1.65. The molecule has 0 aromatic heterocycles. The van der Waals surface area contributed by atoms with E-state index in [1.54, 1.807) is 13.1 Å². The average molecular weight is 362 g/mol. The van der Waals surface area contributed by atoms with Gasteiger partial charge in [0.2, 0.25) is 5.91 Å². The summed E-state index contributed by atoms with van der Waals surface area (Å²) in [4.78, 5) is 12.2. The van der Waals surface area contributed by atoms with Gasteiger partial charge in [0.1, 0.15) is 0 Å². The number of nitrogens with one attached hydrogen (secondary N) is 1. The molecule has 0 saturated carbocycles. The number of nitrogens with zero attached hydrogens (tertiary/aromatic N) is 1. The molecular formula is C22H22N2O3. The zero-order chi connectivity index (χ0) is 18.9. The number of hydrazone groups is 1. The van der Waals surface area contributed by atoms with E-state index < -0.39 is 5.79 Å². The Labute approximate surface area is 158 Å². The van der Waals surface area contributed by atoms with Crippen LogP contribution in [0.3, 0.4) is 0 Å². The molecule has 1 amide bonds. The Morgan fingerprint density at radius 3 is 2.11 bits per heavy atom. The Morgan fingerprint density at radius 2 is 1.56 bits per heavy atom. The normalized spacial score (nSPS) is 16.4. The average Bonchev–Trinajstić information content (AvgIpc) is 3.10. The van der Waals surface area contributed by atoms with Gasteiger partial charge >= 0.3 is 0 Å². The van der Waals surface area contributed by atoms with Crippen LogP contribution in [-0.4, -0.2) is 31.1 Å². The third kappa shape index (κ3) is 3.44. The minimum absolute atomic E-state index is 0.111. The van der Waals surface area contributed by atoms with Gasteiger partial charge < -0.3 is 9.47 Å². The van der Waals surface area contributed by atoms with Gasteiger partial charge in [0.15, 0.2) is 5.79 Å². The standard InChI is InChI=1S/C22H22N2O3/c1-15-16-7-3-5-9-18(16)20(19-10-6-4-8-17(15)19)14-23-24-21(25)13-22(2)26-11-12-27-22/h3-10,14H,11-13H2,1-2H3,(H,24,25)/b23-14-. The Morgan fingerprint density at radius 1 is 1.04 bits per heavy atom. The fourth-order valence-electron chi connectivity index (χ4n) is 3.68. The number of ether oxygens (including phenoxy) is 2. The third-order valence-corrected chi connectivity index (χ3v) is 5.01. The first-order valence-electron chi connectivity index (χ1n) is 9.07. The Bertz CT molecular complexity index is 979. The van der Waals surface area contributed by atoms with Crippen LogP contribution in [0, 0.1) is 6.92 Å². The number of fused-ring (bicyclic) bond motifs is 2. The van der Waals surface area contributed by atoms with Gasteiger partial charge in [0.05, 0.1) is 25.8 Å². The lowest BCUT2D eigenvalue weighted by Gasteiger charge is -2.20. The van der Waals surface area contributed by atoms with Crippen molar-refractivity contribution < 1.29 is 14.3 Å². The van der Waals surface area contributed by atoms with Crippen LogP contribution in [0.25, 0.3) is 21.5 Å². The maximum Gasteiger partial charge on any atom is 0.245 e. The van der Waals surface area contributed by atoms with Gasteiger partial charge in [-0.05, 0) is 41.0 Å². The highest BCUT2D eigenvalue weighted by Crippen LogP contribution is 2.31. The summed E-state index contributed by atoms with van der Waals surface area (Å²) in [6.45, 7) is 4.92. The van der Waals surface area contributed by atoms with Crippen LogP contribution < -0.4 is 5.43 Å². The van der Waals surface area contributed by atoms with E-state index in [0.717, 1.165) is 16.3 Å². The molecule has 1 saturated heterocycles. The zero-order valence-electron chi connectivity index (χ0n) is 15.5. The van der Waals surface area contributed by atoms with Crippen molar-refractivity contribution in [1.82, 2.24) is 5.43 Å². The summed E-state index contributed by atoms with van der Waals surface area (Å²) in [6.07, 6.45) is 1.83. The van der Waals surface area contributed by atoms with Crippen LogP contribution in [0.5, 0.6) is 0 Å². The monoisotopic (exact) mass is 362 g/mol. The Kier molecular flexibility index (Phi) is 4.64. The lowest BCUT2D eigenvalue weighted by Crippen LogP contribution is -2.33. The fourth-order valence-corrected chi connectivity index (χ4v) is 3.68. The summed E-state index contributed by atoms with van der Waals surface area (Å²) in [5.41, 5.74) is 4.83. The molecule has 0 atom stereocenters. The highest BCUT2D eigenvalue weighted by atomic mass is 16.7. The molecule has 5 nitrogen and oxygen atoms in total. The molecule has 5 heteroatoms. The largest absolute Gasteiger partial charge is 0.347 e. The van der Waals surface area contributed by atoms with Gasteiger partial charge in [0.25, 0.3) is 0 Å². The van der Waals surface area contributed by atoms with E-state index in [1.807, 2.05) is 24.3 Å². The molecule has 1 aliphatic heterocycles. The molecule has 1 fully saturated rings. The highest BCUT2D eigenvalue weighted by Gasteiger charge is 2.33. The summed E-state index contributed by atoms with van der Waals surface area (Å²) in [7, 11) is 0. The van der Waals surface area contributed by atoms with Crippen molar-refractivity contribution in [2.75, 3.05) is 13.2 Å². The summed E-state index contributed by atoms with van der Waals surface area (Å²) < 4.78 is 10.9. The number of aryl methyl sites for hydroxylation is 1. The molecule has 4 rings (SSSR count). The van der Waals surface area contributed by atoms with Crippen LogP contribution >= 0.6 is 0 Å². The maximum atomic E-state index is 12.2. The van der Waals surface area contributed by atoms with E-state index in [-0.39, 0.29) is 12.3 Å². The zero-order valence-corrected chi connectivity index (χ0v) is 15.5. The highest BCUT2D eigenvalue weighted by molar-refractivity contribution is 6.15. The first kappa shape index (κ1) is 17.6. The molecule has 0 radical (unpaired) electrons. The fraction of sp³-hybridized carbons (Fsp3) is 0.273. The number of rotatable bonds is 4. The van der Waals surface area contributed by atoms with Crippen LogP contribution in [0.2, 0.25) is 0 Å². The molecule has 3 aromatic rings. The molecule has 0 unspecified atom stereocenters. The predicted molar refractivity (Wildman–Crippen MR) is 107 cm³/mol. The second kappa shape index (κ2) is 7.10. The number of carbonyl (C=O) groups is 1. The minimum atomic E-state index is -0.858.